The lowest BCUT2D eigenvalue weighted by molar-refractivity contribution is 0.394. The van der Waals surface area contributed by atoms with Gasteiger partial charge in [-0.3, -0.25) is 0 Å². The van der Waals surface area contributed by atoms with Gasteiger partial charge < -0.3 is 9.47 Å². The van der Waals surface area contributed by atoms with Crippen LogP contribution in [0.2, 0.25) is 0 Å². The summed E-state index contributed by atoms with van der Waals surface area (Å²) in [5, 5.41) is 0. The molecule has 1 aromatic rings. The summed E-state index contributed by atoms with van der Waals surface area (Å²) in [6.45, 7) is 2.17. The molecule has 0 saturated carbocycles. The van der Waals surface area contributed by atoms with Gasteiger partial charge in [-0.2, -0.15) is 0 Å². The molecular formula is C11H16O2S. The largest absolute Gasteiger partial charge is 0.497 e. The van der Waals surface area contributed by atoms with Crippen molar-refractivity contribution in [3.8, 4) is 11.5 Å². The van der Waals surface area contributed by atoms with Gasteiger partial charge in [-0.05, 0) is 30.4 Å². The fourth-order valence-corrected chi connectivity index (χ4v) is 2.03. The van der Waals surface area contributed by atoms with Gasteiger partial charge in [0, 0.05) is 0 Å². The lowest BCUT2D eigenvalue weighted by atomic mass is 10.3. The summed E-state index contributed by atoms with van der Waals surface area (Å²) in [6, 6.07) is 5.87. The van der Waals surface area contributed by atoms with Gasteiger partial charge in [0.25, 0.3) is 0 Å². The molecule has 2 nitrogen and oxygen atoms in total. The topological polar surface area (TPSA) is 18.5 Å². The lowest BCUT2D eigenvalue weighted by Crippen LogP contribution is -1.89. The molecule has 1 aromatic carbocycles. The second-order valence-corrected chi connectivity index (χ2v) is 4.00. The molecule has 0 aromatic heterocycles. The Kier molecular flexibility index (Phi) is 4.66. The number of benzene rings is 1. The lowest BCUT2D eigenvalue weighted by Gasteiger charge is -2.09. The summed E-state index contributed by atoms with van der Waals surface area (Å²) >= 11 is 1.80. The molecule has 0 amide bonds. The van der Waals surface area contributed by atoms with Crippen molar-refractivity contribution in [2.45, 2.75) is 18.2 Å². The molecule has 0 unspecified atom stereocenters. The number of rotatable bonds is 5. The van der Waals surface area contributed by atoms with E-state index < -0.39 is 0 Å². The number of thioether (sulfide) groups is 1. The van der Waals surface area contributed by atoms with E-state index in [9.17, 15) is 0 Å². The van der Waals surface area contributed by atoms with Crippen LogP contribution < -0.4 is 9.47 Å². The molecule has 0 radical (unpaired) electrons. The van der Waals surface area contributed by atoms with E-state index in [-0.39, 0.29) is 0 Å². The van der Waals surface area contributed by atoms with Gasteiger partial charge in [0.1, 0.15) is 11.5 Å². The van der Waals surface area contributed by atoms with E-state index in [1.54, 1.807) is 26.0 Å². The summed E-state index contributed by atoms with van der Waals surface area (Å²) in [7, 11) is 3.37. The average molecular weight is 212 g/mol. The maximum atomic E-state index is 5.27. The quantitative estimate of drug-likeness (QED) is 0.698. The molecule has 0 aliphatic carbocycles. The van der Waals surface area contributed by atoms with Crippen molar-refractivity contribution < 1.29 is 9.47 Å². The van der Waals surface area contributed by atoms with Crippen LogP contribution in [-0.4, -0.2) is 20.0 Å². The van der Waals surface area contributed by atoms with E-state index in [0.29, 0.717) is 0 Å². The summed E-state index contributed by atoms with van der Waals surface area (Å²) in [5.74, 6) is 2.90. The Bertz CT molecular complexity index is 287. The first-order chi connectivity index (χ1) is 6.81. The third-order valence-corrected chi connectivity index (χ3v) is 3.07. The van der Waals surface area contributed by atoms with Crippen molar-refractivity contribution in [3.63, 3.8) is 0 Å². The summed E-state index contributed by atoms with van der Waals surface area (Å²) in [6.07, 6.45) is 1.16. The molecule has 0 atom stereocenters. The maximum absolute atomic E-state index is 5.27. The molecule has 3 heteroatoms. The molecule has 0 saturated heterocycles. The molecule has 0 spiro atoms. The fraction of sp³-hybridized carbons (Fsp3) is 0.455. The average Bonchev–Trinajstić information content (AvgIpc) is 2.25. The van der Waals surface area contributed by atoms with Gasteiger partial charge in [-0.1, -0.05) is 6.92 Å². The third-order valence-electron chi connectivity index (χ3n) is 1.83. The normalized spacial score (nSPS) is 9.93. The number of methoxy groups -OCH3 is 2. The Balaban J connectivity index is 2.84. The van der Waals surface area contributed by atoms with Gasteiger partial charge in [-0.25, -0.2) is 0 Å². The minimum atomic E-state index is 0.879. The first-order valence-electron chi connectivity index (χ1n) is 4.66. The monoisotopic (exact) mass is 212 g/mol. The number of hydrogen-bond acceptors (Lipinski definition) is 3. The highest BCUT2D eigenvalue weighted by atomic mass is 32.2. The van der Waals surface area contributed by atoms with Crippen LogP contribution in [0, 0.1) is 0 Å². The van der Waals surface area contributed by atoms with Crippen LogP contribution in [0.25, 0.3) is 0 Å². The standard InChI is InChI=1S/C11H16O2S/c1-4-7-14-11-8-9(12-2)5-6-10(11)13-3/h5-6,8H,4,7H2,1-3H3. The molecule has 0 fully saturated rings. The number of hydrogen-bond donors (Lipinski definition) is 0. The second-order valence-electron chi connectivity index (χ2n) is 2.87. The van der Waals surface area contributed by atoms with E-state index in [1.807, 2.05) is 18.2 Å². The second kappa shape index (κ2) is 5.81. The van der Waals surface area contributed by atoms with E-state index in [2.05, 4.69) is 6.92 Å². The third kappa shape index (κ3) is 2.84. The molecule has 0 heterocycles. The van der Waals surface area contributed by atoms with Crippen LogP contribution in [0.3, 0.4) is 0 Å². The van der Waals surface area contributed by atoms with Crippen molar-refractivity contribution >= 4 is 11.8 Å². The molecule has 14 heavy (non-hydrogen) atoms. The summed E-state index contributed by atoms with van der Waals surface area (Å²) < 4.78 is 10.4. The van der Waals surface area contributed by atoms with Crippen molar-refractivity contribution in [2.75, 3.05) is 20.0 Å². The van der Waals surface area contributed by atoms with Crippen molar-refractivity contribution in [3.05, 3.63) is 18.2 Å². The Labute approximate surface area is 89.6 Å². The van der Waals surface area contributed by atoms with Crippen LogP contribution in [0.4, 0.5) is 0 Å². The van der Waals surface area contributed by atoms with Gasteiger partial charge in [0.2, 0.25) is 0 Å². The highest BCUT2D eigenvalue weighted by Crippen LogP contribution is 2.32. The first-order valence-corrected chi connectivity index (χ1v) is 5.65. The zero-order valence-corrected chi connectivity index (χ0v) is 9.69. The van der Waals surface area contributed by atoms with E-state index >= 15 is 0 Å². The molecule has 0 N–H and O–H groups in total. The molecule has 0 aliphatic heterocycles. The van der Waals surface area contributed by atoms with Gasteiger partial charge >= 0.3 is 0 Å². The molecule has 0 aliphatic rings. The van der Waals surface area contributed by atoms with E-state index in [0.717, 1.165) is 28.6 Å². The smallest absolute Gasteiger partial charge is 0.132 e. The van der Waals surface area contributed by atoms with Crippen LogP contribution in [-0.2, 0) is 0 Å². The van der Waals surface area contributed by atoms with E-state index in [4.69, 9.17) is 9.47 Å². The molecule has 1 rings (SSSR count). The van der Waals surface area contributed by atoms with Gasteiger partial charge in [-0.15, -0.1) is 11.8 Å². The van der Waals surface area contributed by atoms with Crippen LogP contribution >= 0.6 is 11.8 Å². The van der Waals surface area contributed by atoms with Gasteiger partial charge in [0.15, 0.2) is 0 Å². The minimum Gasteiger partial charge on any atom is -0.497 e. The molecule has 0 bridgehead atoms. The SMILES string of the molecule is CCCSc1cc(OC)ccc1OC. The van der Waals surface area contributed by atoms with Crippen molar-refractivity contribution in [1.82, 2.24) is 0 Å². The molecular weight excluding hydrogens is 196 g/mol. The predicted octanol–water partition coefficient (Wildman–Crippen LogP) is 3.21. The fourth-order valence-electron chi connectivity index (χ4n) is 1.11. The Morgan fingerprint density at radius 1 is 1.21 bits per heavy atom. The zero-order valence-electron chi connectivity index (χ0n) is 8.87. The summed E-state index contributed by atoms with van der Waals surface area (Å²) in [4.78, 5) is 1.15. The Morgan fingerprint density at radius 3 is 2.57 bits per heavy atom. The van der Waals surface area contributed by atoms with Crippen LogP contribution in [0.1, 0.15) is 13.3 Å². The van der Waals surface area contributed by atoms with E-state index in [1.165, 1.54) is 0 Å². The van der Waals surface area contributed by atoms with Crippen molar-refractivity contribution in [1.29, 1.82) is 0 Å². The highest BCUT2D eigenvalue weighted by molar-refractivity contribution is 7.99. The van der Waals surface area contributed by atoms with Gasteiger partial charge in [0.05, 0.1) is 19.1 Å². The van der Waals surface area contributed by atoms with Crippen LogP contribution in [0.5, 0.6) is 11.5 Å². The maximum Gasteiger partial charge on any atom is 0.132 e. The summed E-state index contributed by atoms with van der Waals surface area (Å²) in [5.41, 5.74) is 0. The first kappa shape index (κ1) is 11.2. The number of ether oxygens (including phenoxy) is 2. The minimum absolute atomic E-state index is 0.879. The Morgan fingerprint density at radius 2 is 2.00 bits per heavy atom. The predicted molar refractivity (Wildman–Crippen MR) is 60.6 cm³/mol. The Hall–Kier alpha value is -0.830. The molecule has 78 valence electrons. The zero-order chi connectivity index (χ0) is 10.4. The van der Waals surface area contributed by atoms with Crippen molar-refractivity contribution in [2.24, 2.45) is 0 Å². The highest BCUT2D eigenvalue weighted by Gasteiger charge is 2.04. The van der Waals surface area contributed by atoms with Crippen LogP contribution in [0.15, 0.2) is 23.1 Å².